The van der Waals surface area contributed by atoms with Gasteiger partial charge in [0.25, 0.3) is 5.91 Å². The van der Waals surface area contributed by atoms with Gasteiger partial charge < -0.3 is 18.7 Å². The summed E-state index contributed by atoms with van der Waals surface area (Å²) in [5.41, 5.74) is 0.579. The number of hydrogen-bond acceptors (Lipinski definition) is 6. The van der Waals surface area contributed by atoms with Gasteiger partial charge in [-0.1, -0.05) is 24.3 Å². The van der Waals surface area contributed by atoms with Crippen LogP contribution in [0.4, 0.5) is 13.2 Å². The van der Waals surface area contributed by atoms with Crippen LogP contribution in [0.25, 0.3) is 22.6 Å². The number of oxazole rings is 1. The molecule has 0 bridgehead atoms. The molecule has 0 saturated carbocycles. The van der Waals surface area contributed by atoms with E-state index in [1.54, 1.807) is 24.3 Å². The average molecular weight is 493 g/mol. The van der Waals surface area contributed by atoms with E-state index in [0.29, 0.717) is 29.9 Å². The van der Waals surface area contributed by atoms with Gasteiger partial charge in [0, 0.05) is 23.8 Å². The Morgan fingerprint density at radius 2 is 1.92 bits per heavy atom. The molecular weight excluding hydrogens is 475 g/mol. The van der Waals surface area contributed by atoms with Crippen LogP contribution in [0.5, 0.6) is 0 Å². The van der Waals surface area contributed by atoms with Crippen molar-refractivity contribution in [2.75, 3.05) is 6.54 Å². The molecule has 1 N–H and O–H groups in total. The van der Waals surface area contributed by atoms with E-state index in [-0.39, 0.29) is 18.1 Å². The molecule has 1 atom stereocenters. The highest BCUT2D eigenvalue weighted by atomic mass is 19.4. The highest BCUT2D eigenvalue weighted by Gasteiger charge is 2.45. The second-order valence-electron chi connectivity index (χ2n) is 8.37. The van der Waals surface area contributed by atoms with Crippen molar-refractivity contribution < 1.29 is 26.8 Å². The number of pyridine rings is 1. The molecule has 8 nitrogen and oxygen atoms in total. The molecule has 1 aliphatic heterocycles. The summed E-state index contributed by atoms with van der Waals surface area (Å²) in [6.45, 7) is 0.154. The standard InChI is InChI=1S/C25H18F3N5O3/c26-25(27,28)22-21(36-23(32-22)16-7-3-4-10-29-16)24(34)33-11-5-8-15-19(31-13-30-15)20(33)18-12-14-6-1-2-9-17(14)35-18/h1-4,6-7,9-10,12-13,20H,5,8,11H2,(H,30,31)/t20-/m1/s1. The van der Waals surface area contributed by atoms with Crippen molar-refractivity contribution in [3.05, 3.63) is 89.7 Å². The Morgan fingerprint density at radius 1 is 1.08 bits per heavy atom. The normalized spacial score (nSPS) is 16.2. The summed E-state index contributed by atoms with van der Waals surface area (Å²) in [4.78, 5) is 30.2. The summed E-state index contributed by atoms with van der Waals surface area (Å²) >= 11 is 0. The Hall–Kier alpha value is -4.41. The number of carbonyl (C=O) groups excluding carboxylic acids is 1. The molecule has 1 aliphatic rings. The number of nitrogens with one attached hydrogen (secondary N) is 1. The number of aromatic amines is 1. The third kappa shape index (κ3) is 3.72. The van der Waals surface area contributed by atoms with E-state index >= 15 is 0 Å². The Balaban J connectivity index is 1.49. The second-order valence-corrected chi connectivity index (χ2v) is 8.37. The minimum atomic E-state index is -4.92. The van der Waals surface area contributed by atoms with E-state index in [4.69, 9.17) is 8.83 Å². The number of hydrogen-bond donors (Lipinski definition) is 1. The third-order valence-corrected chi connectivity index (χ3v) is 6.10. The maximum absolute atomic E-state index is 14.0. The van der Waals surface area contributed by atoms with Gasteiger partial charge in [-0.25, -0.2) is 9.97 Å². The SMILES string of the molecule is O=C(c1oc(-c2ccccn2)nc1C(F)(F)F)N1CCCc2[nH]cnc2[C@H]1c1cc2ccccc2o1. The van der Waals surface area contributed by atoms with E-state index < -0.39 is 29.6 Å². The summed E-state index contributed by atoms with van der Waals surface area (Å²) in [5.74, 6) is -1.86. The fraction of sp³-hybridized carbons (Fsp3) is 0.200. The van der Waals surface area contributed by atoms with E-state index in [1.807, 2.05) is 18.2 Å². The Kier molecular flexibility index (Phi) is 5.13. The molecule has 0 saturated heterocycles. The molecule has 1 amide bonds. The van der Waals surface area contributed by atoms with Crippen molar-refractivity contribution in [1.29, 1.82) is 0 Å². The molecule has 0 fully saturated rings. The van der Waals surface area contributed by atoms with Crippen molar-refractivity contribution in [3.8, 4) is 11.6 Å². The van der Waals surface area contributed by atoms with Gasteiger partial charge >= 0.3 is 6.18 Å². The number of carbonyl (C=O) groups is 1. The van der Waals surface area contributed by atoms with Crippen LogP contribution in [0.3, 0.4) is 0 Å². The molecule has 182 valence electrons. The van der Waals surface area contributed by atoms with Crippen LogP contribution in [0.15, 0.2) is 69.9 Å². The molecule has 5 aromatic rings. The van der Waals surface area contributed by atoms with Gasteiger partial charge in [0.15, 0.2) is 5.69 Å². The highest BCUT2D eigenvalue weighted by Crippen LogP contribution is 2.39. The van der Waals surface area contributed by atoms with Crippen molar-refractivity contribution in [3.63, 3.8) is 0 Å². The minimum absolute atomic E-state index is 0.0846. The number of para-hydroxylation sites is 1. The molecule has 1 aromatic carbocycles. The number of imidazole rings is 1. The molecule has 0 unspecified atom stereocenters. The lowest BCUT2D eigenvalue weighted by Crippen LogP contribution is -2.36. The van der Waals surface area contributed by atoms with E-state index in [2.05, 4.69) is 19.9 Å². The summed E-state index contributed by atoms with van der Waals surface area (Å²) in [6, 6.07) is 12.9. The number of aromatic nitrogens is 4. The van der Waals surface area contributed by atoms with Gasteiger partial charge in [0.2, 0.25) is 11.7 Å². The van der Waals surface area contributed by atoms with Crippen LogP contribution in [-0.4, -0.2) is 37.3 Å². The highest BCUT2D eigenvalue weighted by molar-refractivity contribution is 5.94. The first-order valence-corrected chi connectivity index (χ1v) is 11.2. The summed E-state index contributed by atoms with van der Waals surface area (Å²) in [7, 11) is 0. The number of furan rings is 1. The van der Waals surface area contributed by atoms with E-state index in [0.717, 1.165) is 11.1 Å². The van der Waals surface area contributed by atoms with Crippen LogP contribution < -0.4 is 0 Å². The smallest absolute Gasteiger partial charge is 0.437 e. The van der Waals surface area contributed by atoms with Crippen molar-refractivity contribution in [2.24, 2.45) is 0 Å². The molecular formula is C25H18F3N5O3. The number of alkyl halides is 3. The van der Waals surface area contributed by atoms with Crippen molar-refractivity contribution in [1.82, 2.24) is 24.8 Å². The Morgan fingerprint density at radius 3 is 2.69 bits per heavy atom. The summed E-state index contributed by atoms with van der Waals surface area (Å²) in [6.07, 6.45) is -0.944. The lowest BCUT2D eigenvalue weighted by molar-refractivity contribution is -0.141. The first-order chi connectivity index (χ1) is 17.4. The molecule has 11 heteroatoms. The molecule has 36 heavy (non-hydrogen) atoms. The van der Waals surface area contributed by atoms with Gasteiger partial charge in [-0.3, -0.25) is 9.78 Å². The number of H-pyrrole nitrogens is 1. The second kappa shape index (κ2) is 8.36. The molecule has 0 aliphatic carbocycles. The zero-order chi connectivity index (χ0) is 24.9. The fourth-order valence-electron chi connectivity index (χ4n) is 4.50. The summed E-state index contributed by atoms with van der Waals surface area (Å²) < 4.78 is 53.5. The monoisotopic (exact) mass is 493 g/mol. The predicted octanol–water partition coefficient (Wildman–Crippen LogP) is 5.40. The van der Waals surface area contributed by atoms with Crippen LogP contribution in [-0.2, 0) is 12.6 Å². The number of amides is 1. The first-order valence-electron chi connectivity index (χ1n) is 11.2. The largest absolute Gasteiger partial charge is 0.458 e. The quantitative estimate of drug-likeness (QED) is 0.361. The molecule has 5 heterocycles. The zero-order valence-corrected chi connectivity index (χ0v) is 18.6. The van der Waals surface area contributed by atoms with Crippen LogP contribution >= 0.6 is 0 Å². The number of halogens is 3. The minimum Gasteiger partial charge on any atom is -0.458 e. The van der Waals surface area contributed by atoms with Crippen molar-refractivity contribution in [2.45, 2.75) is 25.1 Å². The Labute approximate surface area is 201 Å². The number of aryl methyl sites for hydroxylation is 1. The maximum atomic E-state index is 14.0. The lowest BCUT2D eigenvalue weighted by Gasteiger charge is -2.27. The van der Waals surface area contributed by atoms with Crippen molar-refractivity contribution >= 4 is 16.9 Å². The van der Waals surface area contributed by atoms with Gasteiger partial charge in [-0.15, -0.1) is 0 Å². The average Bonchev–Trinajstić information content (AvgIpc) is 3.60. The predicted molar refractivity (Wildman–Crippen MR) is 121 cm³/mol. The number of fused-ring (bicyclic) bond motifs is 2. The molecule has 4 aromatic heterocycles. The van der Waals surface area contributed by atoms with Crippen LogP contribution in [0.2, 0.25) is 0 Å². The van der Waals surface area contributed by atoms with Crippen LogP contribution in [0.1, 0.15) is 45.9 Å². The fourth-order valence-corrected chi connectivity index (χ4v) is 4.50. The third-order valence-electron chi connectivity index (χ3n) is 6.10. The van der Waals surface area contributed by atoms with Gasteiger partial charge in [0.05, 0.1) is 12.0 Å². The maximum Gasteiger partial charge on any atom is 0.437 e. The molecule has 0 spiro atoms. The zero-order valence-electron chi connectivity index (χ0n) is 18.6. The van der Waals surface area contributed by atoms with Crippen LogP contribution in [0, 0.1) is 0 Å². The topological polar surface area (TPSA) is 101 Å². The van der Waals surface area contributed by atoms with E-state index in [9.17, 15) is 18.0 Å². The number of rotatable bonds is 3. The number of benzene rings is 1. The van der Waals surface area contributed by atoms with Gasteiger partial charge in [-0.05, 0) is 37.1 Å². The van der Waals surface area contributed by atoms with Gasteiger partial charge in [0.1, 0.15) is 23.1 Å². The first kappa shape index (κ1) is 22.1. The van der Waals surface area contributed by atoms with E-state index in [1.165, 1.54) is 23.5 Å². The summed E-state index contributed by atoms with van der Waals surface area (Å²) in [5, 5.41) is 0.800. The lowest BCUT2D eigenvalue weighted by atomic mass is 10.1. The number of nitrogens with zero attached hydrogens (tertiary/aromatic N) is 4. The Bertz CT molecular complexity index is 1520. The van der Waals surface area contributed by atoms with Gasteiger partial charge in [-0.2, -0.15) is 13.2 Å². The molecule has 6 rings (SSSR count). The molecule has 0 radical (unpaired) electrons.